The minimum Gasteiger partial charge on any atom is -0.489 e. The fourth-order valence-corrected chi connectivity index (χ4v) is 10.6. The second kappa shape index (κ2) is 17.1. The van der Waals surface area contributed by atoms with Crippen LogP contribution in [-0.4, -0.2) is 53.4 Å². The number of thiazole rings is 1. The standard InChI is InChI=1S/C44H38Cl2N4O8S2/c1-25-43(59-44(47)48-25)60(54,55)50-22-32-21-39-38(57-24-40(58-39)30-12-14-33(15-13-30)56-23-27-9-16-34(45)35(46)17-27)20-31(32)19-37(50)41(51)49-36(42(52)53)18-26-7-10-29(11-8-26)28-5-3-2-4-6-28/h2-17,20-21,36-37,40H,18-19,22-24H2,1H3,(H2,47,48)(H,49,51)(H,52,53). The lowest BCUT2D eigenvalue weighted by Crippen LogP contribution is -2.55. The van der Waals surface area contributed by atoms with Crippen molar-refractivity contribution in [3.8, 4) is 28.4 Å². The van der Waals surface area contributed by atoms with Gasteiger partial charge in [0.1, 0.15) is 31.0 Å². The van der Waals surface area contributed by atoms with Gasteiger partial charge in [0.05, 0.1) is 15.7 Å². The van der Waals surface area contributed by atoms with E-state index in [1.54, 1.807) is 24.3 Å². The summed E-state index contributed by atoms with van der Waals surface area (Å²) in [4.78, 5) is 30.9. The van der Waals surface area contributed by atoms with Gasteiger partial charge in [-0.3, -0.25) is 4.79 Å². The number of sulfonamides is 1. The van der Waals surface area contributed by atoms with Crippen LogP contribution in [0.5, 0.6) is 17.2 Å². The summed E-state index contributed by atoms with van der Waals surface area (Å²) in [6.07, 6.45) is -0.562. The van der Waals surface area contributed by atoms with Gasteiger partial charge >= 0.3 is 5.97 Å². The average Bonchev–Trinajstić information content (AvgIpc) is 3.61. The summed E-state index contributed by atoms with van der Waals surface area (Å²) in [5.74, 6) is -0.525. The maximum atomic E-state index is 14.4. The van der Waals surface area contributed by atoms with Gasteiger partial charge in [-0.1, -0.05) is 107 Å². The third kappa shape index (κ3) is 8.79. The van der Waals surface area contributed by atoms with Crippen LogP contribution in [0.3, 0.4) is 0 Å². The van der Waals surface area contributed by atoms with Gasteiger partial charge < -0.3 is 30.4 Å². The SMILES string of the molecule is Cc1nc(N)sc1S(=O)(=O)N1Cc2cc3c(cc2CC1C(=O)NC(Cc1ccc(-c2ccccc2)cc1)C(=O)O)OCC(c1ccc(OCc2ccc(Cl)c(Cl)c2)cc1)O3. The second-order valence-corrected chi connectivity index (χ2v) is 18.4. The Morgan fingerprint density at radius 3 is 2.32 bits per heavy atom. The summed E-state index contributed by atoms with van der Waals surface area (Å²) in [5, 5.41) is 13.9. The molecule has 3 atom stereocenters. The molecule has 0 fully saturated rings. The molecule has 3 unspecified atom stereocenters. The topological polar surface area (TPSA) is 170 Å². The van der Waals surface area contributed by atoms with E-state index in [1.807, 2.05) is 84.9 Å². The van der Waals surface area contributed by atoms with Crippen LogP contribution in [0.1, 0.15) is 39.6 Å². The Morgan fingerprint density at radius 1 is 0.933 bits per heavy atom. The molecule has 0 aliphatic carbocycles. The number of carboxylic acid groups (broad SMARTS) is 1. The number of nitrogens with two attached hydrogens (primary N) is 1. The predicted molar refractivity (Wildman–Crippen MR) is 229 cm³/mol. The van der Waals surface area contributed by atoms with Gasteiger partial charge in [0.15, 0.2) is 26.9 Å². The van der Waals surface area contributed by atoms with Gasteiger partial charge in [0.25, 0.3) is 10.0 Å². The highest BCUT2D eigenvalue weighted by atomic mass is 35.5. The van der Waals surface area contributed by atoms with E-state index < -0.39 is 40.1 Å². The van der Waals surface area contributed by atoms with Gasteiger partial charge in [-0.15, -0.1) is 0 Å². The highest BCUT2D eigenvalue weighted by Crippen LogP contribution is 2.42. The number of benzene rings is 5. The van der Waals surface area contributed by atoms with Crippen LogP contribution in [0, 0.1) is 6.92 Å². The van der Waals surface area contributed by atoms with Crippen LogP contribution in [-0.2, 0) is 45.6 Å². The normalized spacial score (nSPS) is 16.7. The van der Waals surface area contributed by atoms with Crippen LogP contribution >= 0.6 is 34.5 Å². The smallest absolute Gasteiger partial charge is 0.326 e. The first-order chi connectivity index (χ1) is 28.8. The molecule has 0 saturated carbocycles. The van der Waals surface area contributed by atoms with Crippen molar-refractivity contribution in [1.29, 1.82) is 0 Å². The minimum atomic E-state index is -4.36. The number of rotatable bonds is 12. The summed E-state index contributed by atoms with van der Waals surface area (Å²) < 4.78 is 48.3. The van der Waals surface area contributed by atoms with Crippen molar-refractivity contribution < 1.29 is 37.3 Å². The third-order valence-electron chi connectivity index (χ3n) is 10.4. The number of hydrogen-bond donors (Lipinski definition) is 3. The number of aryl methyl sites for hydroxylation is 1. The Hall–Kier alpha value is -5.64. The minimum absolute atomic E-state index is 0.0228. The Balaban J connectivity index is 1.01. The summed E-state index contributed by atoms with van der Waals surface area (Å²) in [6, 6.07) is 30.7. The highest BCUT2D eigenvalue weighted by molar-refractivity contribution is 7.91. The van der Waals surface area contributed by atoms with E-state index in [9.17, 15) is 23.1 Å². The van der Waals surface area contributed by atoms with E-state index >= 15 is 0 Å². The monoisotopic (exact) mass is 884 g/mol. The number of carbonyl (C=O) groups is 2. The van der Waals surface area contributed by atoms with E-state index in [-0.39, 0.29) is 41.0 Å². The first-order valence-corrected chi connectivity index (χ1v) is 21.9. The number of aliphatic carboxylic acids is 1. The number of ether oxygens (including phenoxy) is 3. The summed E-state index contributed by atoms with van der Waals surface area (Å²) >= 11 is 13.0. The van der Waals surface area contributed by atoms with Crippen LogP contribution in [0.25, 0.3) is 11.1 Å². The van der Waals surface area contributed by atoms with Crippen molar-refractivity contribution in [3.63, 3.8) is 0 Å². The average molecular weight is 886 g/mol. The molecule has 5 aromatic carbocycles. The quantitative estimate of drug-likeness (QED) is 0.109. The number of halogens is 2. The van der Waals surface area contributed by atoms with Crippen LogP contribution < -0.4 is 25.3 Å². The van der Waals surface area contributed by atoms with E-state index in [2.05, 4.69) is 10.3 Å². The molecule has 12 nitrogen and oxygen atoms in total. The Morgan fingerprint density at radius 2 is 1.63 bits per heavy atom. The molecular formula is C44H38Cl2N4O8S2. The van der Waals surface area contributed by atoms with Gasteiger partial charge in [0, 0.05) is 13.0 Å². The maximum Gasteiger partial charge on any atom is 0.326 e. The number of anilines is 1. The summed E-state index contributed by atoms with van der Waals surface area (Å²) in [6.45, 7) is 1.82. The van der Waals surface area contributed by atoms with Crippen molar-refractivity contribution in [2.24, 2.45) is 0 Å². The fraction of sp³-hybridized carbons (Fsp3) is 0.205. The van der Waals surface area contributed by atoms with Crippen molar-refractivity contribution in [3.05, 3.63) is 153 Å². The van der Waals surface area contributed by atoms with Crippen LogP contribution in [0.4, 0.5) is 5.13 Å². The zero-order valence-corrected chi connectivity index (χ0v) is 35.2. The lowest BCUT2D eigenvalue weighted by molar-refractivity contribution is -0.142. The maximum absolute atomic E-state index is 14.4. The van der Waals surface area contributed by atoms with E-state index in [4.69, 9.17) is 43.1 Å². The number of nitrogens with zero attached hydrogens (tertiary/aromatic N) is 2. The Labute approximate surface area is 360 Å². The molecule has 60 heavy (non-hydrogen) atoms. The molecule has 0 spiro atoms. The molecule has 6 aromatic rings. The van der Waals surface area contributed by atoms with Gasteiger partial charge in [-0.2, -0.15) is 4.31 Å². The van der Waals surface area contributed by atoms with Crippen molar-refractivity contribution >= 4 is 61.6 Å². The largest absolute Gasteiger partial charge is 0.489 e. The van der Waals surface area contributed by atoms with Crippen molar-refractivity contribution in [2.45, 2.75) is 55.3 Å². The first kappa shape index (κ1) is 41.1. The lowest BCUT2D eigenvalue weighted by atomic mass is 9.94. The number of nitrogen functional groups attached to an aromatic ring is 1. The molecule has 4 N–H and O–H groups in total. The lowest BCUT2D eigenvalue weighted by Gasteiger charge is -2.36. The molecule has 2 aliphatic rings. The molecule has 0 radical (unpaired) electrons. The molecule has 308 valence electrons. The number of aromatic nitrogens is 1. The molecule has 0 saturated heterocycles. The van der Waals surface area contributed by atoms with Gasteiger partial charge in [-0.25, -0.2) is 18.2 Å². The number of fused-ring (bicyclic) bond motifs is 2. The molecule has 2 aliphatic heterocycles. The molecule has 16 heteroatoms. The summed E-state index contributed by atoms with van der Waals surface area (Å²) in [5.41, 5.74) is 11.7. The predicted octanol–water partition coefficient (Wildman–Crippen LogP) is 8.03. The van der Waals surface area contributed by atoms with Crippen LogP contribution in [0.2, 0.25) is 10.0 Å². The number of carbonyl (C=O) groups excluding carboxylic acids is 1. The van der Waals surface area contributed by atoms with Gasteiger partial charge in [-0.05, 0) is 88.7 Å². The van der Waals surface area contributed by atoms with Crippen LogP contribution in [0.15, 0.2) is 113 Å². The zero-order chi connectivity index (χ0) is 42.1. The fourth-order valence-electron chi connectivity index (χ4n) is 7.26. The molecule has 0 bridgehead atoms. The van der Waals surface area contributed by atoms with E-state index in [0.717, 1.165) is 37.9 Å². The number of hydrogen-bond acceptors (Lipinski definition) is 10. The molecule has 1 aromatic heterocycles. The molecular weight excluding hydrogens is 848 g/mol. The zero-order valence-electron chi connectivity index (χ0n) is 32.0. The molecule has 8 rings (SSSR count). The number of carboxylic acids is 1. The Kier molecular flexibility index (Phi) is 11.7. The molecule has 1 amide bonds. The van der Waals surface area contributed by atoms with Crippen molar-refractivity contribution in [2.75, 3.05) is 12.3 Å². The van der Waals surface area contributed by atoms with E-state index in [1.165, 1.54) is 6.92 Å². The Bertz CT molecular complexity index is 2680. The number of amides is 1. The molecule has 3 heterocycles. The second-order valence-electron chi connectivity index (χ2n) is 14.5. The van der Waals surface area contributed by atoms with Gasteiger partial charge in [0.2, 0.25) is 5.91 Å². The first-order valence-electron chi connectivity index (χ1n) is 18.9. The van der Waals surface area contributed by atoms with E-state index in [0.29, 0.717) is 50.6 Å². The highest BCUT2D eigenvalue weighted by Gasteiger charge is 2.43. The third-order valence-corrected chi connectivity index (χ3v) is 14.6. The van der Waals surface area contributed by atoms with Crippen molar-refractivity contribution in [1.82, 2.24) is 14.6 Å². The number of nitrogens with one attached hydrogen (secondary N) is 1. The summed E-state index contributed by atoms with van der Waals surface area (Å²) in [7, 11) is -4.36.